The highest BCUT2D eigenvalue weighted by Crippen LogP contribution is 2.23. The number of hydrogen-bond donors (Lipinski definition) is 2. The maximum absolute atomic E-state index is 12.4. The van der Waals surface area contributed by atoms with Crippen molar-refractivity contribution in [3.8, 4) is 0 Å². The molecule has 0 aromatic carbocycles. The quantitative estimate of drug-likeness (QED) is 0.845. The first-order valence-corrected chi connectivity index (χ1v) is 6.44. The fourth-order valence-corrected chi connectivity index (χ4v) is 2.14. The Morgan fingerprint density at radius 3 is 2.75 bits per heavy atom. The van der Waals surface area contributed by atoms with Gasteiger partial charge in [-0.3, -0.25) is 4.79 Å². The summed E-state index contributed by atoms with van der Waals surface area (Å²) in [6, 6.07) is 0. The predicted molar refractivity (Wildman–Crippen MR) is 72.9 cm³/mol. The minimum absolute atomic E-state index is 0.0217. The molecule has 0 spiro atoms. The Balaban J connectivity index is 2.40. The third-order valence-electron chi connectivity index (χ3n) is 3.35. The highest BCUT2D eigenvalue weighted by atomic mass is 16.5. The average molecular weight is 281 g/mol. The second-order valence-electron chi connectivity index (χ2n) is 5.94. The highest BCUT2D eigenvalue weighted by Gasteiger charge is 2.43. The predicted octanol–water partition coefficient (Wildman–Crippen LogP) is 0.654. The van der Waals surface area contributed by atoms with Crippen LogP contribution in [-0.2, 0) is 15.1 Å². The molecule has 1 saturated heterocycles. The van der Waals surface area contributed by atoms with Crippen LogP contribution in [-0.4, -0.2) is 39.4 Å². The van der Waals surface area contributed by atoms with E-state index in [-0.39, 0.29) is 18.0 Å². The van der Waals surface area contributed by atoms with E-state index in [1.165, 1.54) is 10.8 Å². The molecule has 1 fully saturated rings. The molecule has 2 rings (SSSR count). The second-order valence-corrected chi connectivity index (χ2v) is 5.94. The van der Waals surface area contributed by atoms with Crippen LogP contribution in [0.2, 0.25) is 0 Å². The first-order valence-electron chi connectivity index (χ1n) is 6.44. The minimum atomic E-state index is -1.27. The number of carboxylic acids is 1. The van der Waals surface area contributed by atoms with Crippen molar-refractivity contribution < 1.29 is 14.6 Å². The van der Waals surface area contributed by atoms with Gasteiger partial charge in [-0.15, -0.1) is 0 Å². The van der Waals surface area contributed by atoms with Gasteiger partial charge in [-0.25, -0.2) is 9.78 Å². The summed E-state index contributed by atoms with van der Waals surface area (Å²) < 4.78 is 6.67. The van der Waals surface area contributed by atoms with Gasteiger partial charge in [-0.2, -0.15) is 0 Å². The van der Waals surface area contributed by atoms with Crippen LogP contribution in [0, 0.1) is 0 Å². The van der Waals surface area contributed by atoms with Crippen LogP contribution in [0.4, 0.5) is 5.82 Å². The molecule has 2 N–H and O–H groups in total. The SMILES string of the molecule is CC(C)(C)n1ccnc(NC2(C(=O)O)CCOC2)c1=O. The fraction of sp³-hybridized carbons (Fsp3) is 0.615. The van der Waals surface area contributed by atoms with E-state index >= 15 is 0 Å². The van der Waals surface area contributed by atoms with Gasteiger partial charge < -0.3 is 19.7 Å². The Morgan fingerprint density at radius 1 is 1.55 bits per heavy atom. The van der Waals surface area contributed by atoms with E-state index in [0.29, 0.717) is 13.0 Å². The number of anilines is 1. The van der Waals surface area contributed by atoms with Crippen LogP contribution in [0.3, 0.4) is 0 Å². The van der Waals surface area contributed by atoms with E-state index in [4.69, 9.17) is 4.74 Å². The number of aliphatic carboxylic acids is 1. The molecule has 0 aliphatic carbocycles. The van der Waals surface area contributed by atoms with Gasteiger partial charge in [0.1, 0.15) is 0 Å². The maximum Gasteiger partial charge on any atom is 0.331 e. The lowest BCUT2D eigenvalue weighted by molar-refractivity contribution is -0.142. The Morgan fingerprint density at radius 2 is 2.25 bits per heavy atom. The van der Waals surface area contributed by atoms with Crippen molar-refractivity contribution in [2.45, 2.75) is 38.3 Å². The van der Waals surface area contributed by atoms with E-state index in [1.54, 1.807) is 6.20 Å². The van der Waals surface area contributed by atoms with Crippen molar-refractivity contribution in [3.63, 3.8) is 0 Å². The number of carbonyl (C=O) groups is 1. The van der Waals surface area contributed by atoms with Gasteiger partial charge in [0.25, 0.3) is 5.56 Å². The molecule has 0 bridgehead atoms. The lowest BCUT2D eigenvalue weighted by Crippen LogP contribution is -2.49. The zero-order chi connectivity index (χ0) is 15.0. The molecule has 0 radical (unpaired) electrons. The molecule has 1 aliphatic heterocycles. The van der Waals surface area contributed by atoms with Crippen molar-refractivity contribution in [1.29, 1.82) is 0 Å². The summed E-state index contributed by atoms with van der Waals surface area (Å²) in [5, 5.41) is 12.1. The molecule has 1 aromatic heterocycles. The monoisotopic (exact) mass is 281 g/mol. The van der Waals surface area contributed by atoms with Crippen molar-refractivity contribution in [1.82, 2.24) is 9.55 Å². The molecular weight excluding hydrogens is 262 g/mol. The number of nitrogens with zero attached hydrogens (tertiary/aromatic N) is 2. The number of aromatic nitrogens is 2. The van der Waals surface area contributed by atoms with Gasteiger partial charge in [-0.1, -0.05) is 0 Å². The molecule has 0 amide bonds. The molecule has 20 heavy (non-hydrogen) atoms. The summed E-state index contributed by atoms with van der Waals surface area (Å²) in [6.45, 7) is 6.05. The molecule has 110 valence electrons. The lowest BCUT2D eigenvalue weighted by Gasteiger charge is -2.26. The number of hydrogen-bond acceptors (Lipinski definition) is 5. The normalized spacial score (nSPS) is 22.8. The fourth-order valence-electron chi connectivity index (χ4n) is 2.14. The van der Waals surface area contributed by atoms with Crippen LogP contribution in [0.25, 0.3) is 0 Å². The van der Waals surface area contributed by atoms with E-state index in [2.05, 4.69) is 10.3 Å². The molecule has 1 atom stereocenters. The molecule has 2 heterocycles. The van der Waals surface area contributed by atoms with Crippen molar-refractivity contribution in [2.75, 3.05) is 18.5 Å². The number of rotatable bonds is 3. The molecule has 1 unspecified atom stereocenters. The molecule has 0 saturated carbocycles. The molecule has 7 nitrogen and oxygen atoms in total. The zero-order valence-electron chi connectivity index (χ0n) is 11.8. The summed E-state index contributed by atoms with van der Waals surface area (Å²) >= 11 is 0. The molecule has 1 aromatic rings. The Labute approximate surface area is 116 Å². The summed E-state index contributed by atoms with van der Waals surface area (Å²) in [5.74, 6) is -1.00. The zero-order valence-corrected chi connectivity index (χ0v) is 11.8. The maximum atomic E-state index is 12.4. The summed E-state index contributed by atoms with van der Waals surface area (Å²) in [7, 11) is 0. The first-order chi connectivity index (χ1) is 9.26. The smallest absolute Gasteiger partial charge is 0.331 e. The highest BCUT2D eigenvalue weighted by molar-refractivity contribution is 5.83. The topological polar surface area (TPSA) is 93.5 Å². The molecule has 1 aliphatic rings. The molecule has 7 heteroatoms. The van der Waals surface area contributed by atoms with E-state index in [1.807, 2.05) is 20.8 Å². The third kappa shape index (κ3) is 2.53. The van der Waals surface area contributed by atoms with Gasteiger partial charge in [0.05, 0.1) is 6.61 Å². The Hall–Kier alpha value is -1.89. The van der Waals surface area contributed by atoms with Gasteiger partial charge in [0.2, 0.25) is 0 Å². The van der Waals surface area contributed by atoms with Crippen molar-refractivity contribution in [2.24, 2.45) is 0 Å². The van der Waals surface area contributed by atoms with Crippen molar-refractivity contribution >= 4 is 11.8 Å². The Bertz CT molecular complexity index is 568. The van der Waals surface area contributed by atoms with Crippen LogP contribution >= 0.6 is 0 Å². The minimum Gasteiger partial charge on any atom is -0.479 e. The van der Waals surface area contributed by atoms with Crippen molar-refractivity contribution in [3.05, 3.63) is 22.7 Å². The van der Waals surface area contributed by atoms with E-state index < -0.39 is 17.0 Å². The van der Waals surface area contributed by atoms with Gasteiger partial charge in [0, 0.05) is 31.0 Å². The van der Waals surface area contributed by atoms with Crippen LogP contribution in [0.5, 0.6) is 0 Å². The second kappa shape index (κ2) is 4.90. The summed E-state index contributed by atoms with van der Waals surface area (Å²) in [5.41, 5.74) is -2.02. The average Bonchev–Trinajstić information content (AvgIpc) is 2.80. The molecular formula is C13H19N3O4. The van der Waals surface area contributed by atoms with Crippen LogP contribution in [0.1, 0.15) is 27.2 Å². The van der Waals surface area contributed by atoms with Gasteiger partial charge in [-0.05, 0) is 20.8 Å². The number of ether oxygens (including phenoxy) is 1. The van der Waals surface area contributed by atoms with Crippen LogP contribution in [0.15, 0.2) is 17.2 Å². The Kier molecular flexibility index (Phi) is 3.56. The number of nitrogens with one attached hydrogen (secondary N) is 1. The largest absolute Gasteiger partial charge is 0.479 e. The van der Waals surface area contributed by atoms with Gasteiger partial charge >= 0.3 is 5.97 Å². The van der Waals surface area contributed by atoms with Crippen LogP contribution < -0.4 is 10.9 Å². The summed E-state index contributed by atoms with van der Waals surface area (Å²) in [6.07, 6.45) is 3.38. The first kappa shape index (κ1) is 14.5. The number of carboxylic acid groups (broad SMARTS) is 1. The third-order valence-corrected chi connectivity index (χ3v) is 3.35. The van der Waals surface area contributed by atoms with E-state index in [9.17, 15) is 14.7 Å². The summed E-state index contributed by atoms with van der Waals surface area (Å²) in [4.78, 5) is 27.8. The van der Waals surface area contributed by atoms with E-state index in [0.717, 1.165) is 0 Å². The standard InChI is InChI=1S/C13H19N3O4/c1-12(2,3)16-6-5-14-9(10(16)17)15-13(11(18)19)4-7-20-8-13/h5-6H,4,7-8H2,1-3H3,(H,14,15)(H,18,19). The lowest BCUT2D eigenvalue weighted by atomic mass is 9.99. The van der Waals surface area contributed by atoms with Gasteiger partial charge in [0.15, 0.2) is 11.4 Å².